The van der Waals surface area contributed by atoms with Gasteiger partial charge in [-0.2, -0.15) is 0 Å². The second-order valence-electron chi connectivity index (χ2n) is 5.96. The molecule has 0 aliphatic carbocycles. The molecule has 2 rings (SSSR count). The Bertz CT molecular complexity index is 401. The maximum atomic E-state index is 11.9. The zero-order chi connectivity index (χ0) is 13.9. The molecule has 1 aliphatic rings. The van der Waals surface area contributed by atoms with Gasteiger partial charge in [-0.05, 0) is 45.7 Å². The van der Waals surface area contributed by atoms with Crippen LogP contribution in [0.4, 0.5) is 4.79 Å². The van der Waals surface area contributed by atoms with Crippen molar-refractivity contribution in [1.29, 1.82) is 0 Å². The molecule has 1 aliphatic heterocycles. The van der Waals surface area contributed by atoms with Crippen molar-refractivity contribution in [3.63, 3.8) is 0 Å². The first-order valence-electron chi connectivity index (χ1n) is 6.81. The zero-order valence-corrected chi connectivity index (χ0v) is 11.9. The molecule has 1 aromatic rings. The lowest BCUT2D eigenvalue weighted by Gasteiger charge is -2.34. The second kappa shape index (κ2) is 5.55. The molecular formula is C14H23N3O2. The number of aromatic nitrogens is 1. The van der Waals surface area contributed by atoms with Gasteiger partial charge in [0.1, 0.15) is 5.60 Å². The van der Waals surface area contributed by atoms with E-state index in [1.165, 1.54) is 0 Å². The molecule has 0 bridgehead atoms. The van der Waals surface area contributed by atoms with E-state index in [2.05, 4.69) is 5.43 Å². The van der Waals surface area contributed by atoms with Crippen LogP contribution in [0.1, 0.15) is 33.6 Å². The summed E-state index contributed by atoms with van der Waals surface area (Å²) in [5, 5.41) is 0. The van der Waals surface area contributed by atoms with Gasteiger partial charge in [0, 0.05) is 31.5 Å². The van der Waals surface area contributed by atoms with Crippen LogP contribution in [0, 0.1) is 0 Å². The Kier molecular flexibility index (Phi) is 4.02. The lowest BCUT2D eigenvalue weighted by atomic mass is 10.1. The van der Waals surface area contributed by atoms with Gasteiger partial charge in [-0.25, -0.2) is 4.79 Å². The third kappa shape index (κ3) is 4.19. The molecule has 19 heavy (non-hydrogen) atoms. The van der Waals surface area contributed by atoms with Gasteiger partial charge in [0.25, 0.3) is 0 Å². The van der Waals surface area contributed by atoms with E-state index in [0.717, 1.165) is 25.9 Å². The minimum absolute atomic E-state index is 0.202. The molecule has 1 amide bonds. The lowest BCUT2D eigenvalue weighted by Crippen LogP contribution is -2.45. The summed E-state index contributed by atoms with van der Waals surface area (Å²) in [6, 6.07) is 4.39. The summed E-state index contributed by atoms with van der Waals surface area (Å²) in [4.78, 5) is 13.7. The highest BCUT2D eigenvalue weighted by Crippen LogP contribution is 2.15. The summed E-state index contributed by atoms with van der Waals surface area (Å²) in [5.41, 5.74) is 2.99. The zero-order valence-electron chi connectivity index (χ0n) is 11.9. The van der Waals surface area contributed by atoms with E-state index in [4.69, 9.17) is 4.74 Å². The van der Waals surface area contributed by atoms with E-state index in [9.17, 15) is 4.79 Å². The number of likely N-dealkylation sites (tertiary alicyclic amines) is 1. The van der Waals surface area contributed by atoms with Crippen molar-refractivity contribution >= 4 is 6.09 Å². The maximum absolute atomic E-state index is 11.9. The second-order valence-corrected chi connectivity index (χ2v) is 5.96. The van der Waals surface area contributed by atoms with Crippen LogP contribution in [-0.4, -0.2) is 40.4 Å². The molecule has 106 valence electrons. The number of carbonyl (C=O) groups is 1. The Labute approximate surface area is 114 Å². The topological polar surface area (TPSA) is 46.5 Å². The van der Waals surface area contributed by atoms with E-state index in [1.54, 1.807) is 4.90 Å². The first-order valence-corrected chi connectivity index (χ1v) is 6.81. The highest BCUT2D eigenvalue weighted by atomic mass is 16.6. The predicted octanol–water partition coefficient (Wildman–Crippen LogP) is 2.43. The molecule has 0 saturated carbocycles. The van der Waals surface area contributed by atoms with Gasteiger partial charge < -0.3 is 15.1 Å². The predicted molar refractivity (Wildman–Crippen MR) is 74.6 cm³/mol. The monoisotopic (exact) mass is 265 g/mol. The molecule has 1 fully saturated rings. The Morgan fingerprint density at radius 3 is 2.32 bits per heavy atom. The third-order valence-electron chi connectivity index (χ3n) is 3.08. The molecule has 1 saturated heterocycles. The summed E-state index contributed by atoms with van der Waals surface area (Å²) in [5.74, 6) is 0. The number of hydrogen-bond acceptors (Lipinski definition) is 3. The number of ether oxygens (including phenoxy) is 1. The molecule has 1 aromatic heterocycles. The van der Waals surface area contributed by atoms with Crippen molar-refractivity contribution in [1.82, 2.24) is 9.58 Å². The van der Waals surface area contributed by atoms with Gasteiger partial charge in [-0.15, -0.1) is 0 Å². The van der Waals surface area contributed by atoms with E-state index in [0.29, 0.717) is 6.04 Å². The van der Waals surface area contributed by atoms with Crippen molar-refractivity contribution in [3.05, 3.63) is 24.5 Å². The molecule has 0 radical (unpaired) electrons. The summed E-state index contributed by atoms with van der Waals surface area (Å²) >= 11 is 0. The van der Waals surface area contributed by atoms with Crippen LogP contribution in [0.25, 0.3) is 0 Å². The standard InChI is InChI=1S/C14H23N3O2/c1-14(2,3)19-13(18)16-10-6-12(7-11-16)15-17-8-4-5-9-17/h4-5,8-9,12,15H,6-7,10-11H2,1-3H3. The largest absolute Gasteiger partial charge is 0.444 e. The molecule has 5 heteroatoms. The Morgan fingerprint density at radius 1 is 1.21 bits per heavy atom. The molecular weight excluding hydrogens is 242 g/mol. The molecule has 5 nitrogen and oxygen atoms in total. The summed E-state index contributed by atoms with van der Waals surface area (Å²) in [6.07, 6.45) is 5.65. The van der Waals surface area contributed by atoms with Crippen molar-refractivity contribution < 1.29 is 9.53 Å². The van der Waals surface area contributed by atoms with Crippen LogP contribution in [0.15, 0.2) is 24.5 Å². The van der Waals surface area contributed by atoms with E-state index in [-0.39, 0.29) is 6.09 Å². The average molecular weight is 265 g/mol. The molecule has 0 unspecified atom stereocenters. The van der Waals surface area contributed by atoms with E-state index >= 15 is 0 Å². The number of carbonyl (C=O) groups excluding carboxylic acids is 1. The minimum Gasteiger partial charge on any atom is -0.444 e. The third-order valence-corrected chi connectivity index (χ3v) is 3.08. The van der Waals surface area contributed by atoms with E-state index < -0.39 is 5.60 Å². The van der Waals surface area contributed by atoms with Crippen molar-refractivity contribution in [2.75, 3.05) is 18.5 Å². The molecule has 0 aromatic carbocycles. The van der Waals surface area contributed by atoms with Crippen LogP contribution in [0.5, 0.6) is 0 Å². The summed E-state index contributed by atoms with van der Waals surface area (Å²) < 4.78 is 7.35. The minimum atomic E-state index is -0.419. The number of piperidine rings is 1. The Morgan fingerprint density at radius 2 is 1.79 bits per heavy atom. The summed E-state index contributed by atoms with van der Waals surface area (Å²) in [6.45, 7) is 7.17. The Hall–Kier alpha value is -1.65. The van der Waals surface area contributed by atoms with Gasteiger partial charge in [0.05, 0.1) is 0 Å². The van der Waals surface area contributed by atoms with Gasteiger partial charge >= 0.3 is 6.09 Å². The van der Waals surface area contributed by atoms with Crippen LogP contribution < -0.4 is 5.43 Å². The highest BCUT2D eigenvalue weighted by molar-refractivity contribution is 5.68. The van der Waals surface area contributed by atoms with Crippen molar-refractivity contribution in [2.45, 2.75) is 45.3 Å². The number of nitrogens with one attached hydrogen (secondary N) is 1. The number of rotatable bonds is 2. The first-order chi connectivity index (χ1) is 8.94. The van der Waals surface area contributed by atoms with Gasteiger partial charge in [0.15, 0.2) is 0 Å². The first kappa shape index (κ1) is 13.8. The number of hydrogen-bond donors (Lipinski definition) is 1. The number of amides is 1. The van der Waals surface area contributed by atoms with E-state index in [1.807, 2.05) is 50.0 Å². The fraction of sp³-hybridized carbons (Fsp3) is 0.643. The maximum Gasteiger partial charge on any atom is 0.410 e. The lowest BCUT2D eigenvalue weighted by molar-refractivity contribution is 0.0208. The molecule has 0 spiro atoms. The van der Waals surface area contributed by atoms with Crippen LogP contribution >= 0.6 is 0 Å². The normalized spacial score (nSPS) is 17.3. The highest BCUT2D eigenvalue weighted by Gasteiger charge is 2.26. The van der Waals surface area contributed by atoms with Crippen LogP contribution in [-0.2, 0) is 4.74 Å². The van der Waals surface area contributed by atoms with Gasteiger partial charge in [-0.3, -0.25) is 4.68 Å². The number of nitrogens with zero attached hydrogens (tertiary/aromatic N) is 2. The molecule has 2 heterocycles. The smallest absolute Gasteiger partial charge is 0.410 e. The van der Waals surface area contributed by atoms with Gasteiger partial charge in [0.2, 0.25) is 0 Å². The fourth-order valence-corrected chi connectivity index (χ4v) is 2.15. The van der Waals surface area contributed by atoms with Crippen molar-refractivity contribution in [3.8, 4) is 0 Å². The van der Waals surface area contributed by atoms with Crippen LogP contribution in [0.2, 0.25) is 0 Å². The fourth-order valence-electron chi connectivity index (χ4n) is 2.15. The van der Waals surface area contributed by atoms with Gasteiger partial charge in [-0.1, -0.05) is 0 Å². The average Bonchev–Trinajstić information content (AvgIpc) is 2.80. The Balaban J connectivity index is 1.77. The summed E-state index contributed by atoms with van der Waals surface area (Å²) in [7, 11) is 0. The van der Waals surface area contributed by atoms with Crippen molar-refractivity contribution in [2.24, 2.45) is 0 Å². The molecule has 0 atom stereocenters. The quantitative estimate of drug-likeness (QED) is 0.893. The SMILES string of the molecule is CC(C)(C)OC(=O)N1CCC(Nn2cccc2)CC1. The van der Waals surface area contributed by atoms with Crippen LogP contribution in [0.3, 0.4) is 0 Å². The molecule has 1 N–H and O–H groups in total.